The summed E-state index contributed by atoms with van der Waals surface area (Å²) in [6.07, 6.45) is 0.712. The number of aromatic nitrogens is 3. The van der Waals surface area contributed by atoms with E-state index in [0.29, 0.717) is 34.4 Å². The van der Waals surface area contributed by atoms with Gasteiger partial charge in [0.1, 0.15) is 10.6 Å². The predicted molar refractivity (Wildman–Crippen MR) is 134 cm³/mol. The van der Waals surface area contributed by atoms with Crippen molar-refractivity contribution in [3.8, 4) is 22.4 Å². The second kappa shape index (κ2) is 9.42. The van der Waals surface area contributed by atoms with Gasteiger partial charge in [-0.2, -0.15) is 5.10 Å². The molecular formula is C26H26N4O4S. The van der Waals surface area contributed by atoms with E-state index in [9.17, 15) is 4.79 Å². The van der Waals surface area contributed by atoms with Crippen LogP contribution in [0.25, 0.3) is 5.13 Å². The van der Waals surface area contributed by atoms with Crippen molar-refractivity contribution in [3.63, 3.8) is 0 Å². The maximum absolute atomic E-state index is 13.0. The number of hydrogen-bond acceptors (Lipinski definition) is 7. The number of nitrogens with one attached hydrogen (secondary N) is 1. The van der Waals surface area contributed by atoms with Crippen LogP contribution >= 0.6 is 11.3 Å². The molecule has 0 atom stereocenters. The zero-order valence-electron chi connectivity index (χ0n) is 20.0. The van der Waals surface area contributed by atoms with Gasteiger partial charge >= 0.3 is 0 Å². The summed E-state index contributed by atoms with van der Waals surface area (Å²) in [6, 6.07) is 13.3. The number of aryl methyl sites for hydroxylation is 2. The molecule has 1 amide bonds. The molecule has 0 fully saturated rings. The molecule has 2 aromatic heterocycles. The minimum Gasteiger partial charge on any atom is -0.494 e. The predicted octanol–water partition coefficient (Wildman–Crippen LogP) is 5.22. The van der Waals surface area contributed by atoms with Gasteiger partial charge < -0.3 is 19.5 Å². The van der Waals surface area contributed by atoms with E-state index in [2.05, 4.69) is 10.3 Å². The van der Waals surface area contributed by atoms with E-state index in [0.717, 1.165) is 39.8 Å². The van der Waals surface area contributed by atoms with Crippen LogP contribution < -0.4 is 19.5 Å². The lowest BCUT2D eigenvalue weighted by atomic mass is 10.0. The number of hydrogen-bond donors (Lipinski definition) is 1. The number of fused-ring (bicyclic) bond motifs is 1. The highest BCUT2D eigenvalue weighted by molar-refractivity contribution is 7.16. The summed E-state index contributed by atoms with van der Waals surface area (Å²) < 4.78 is 18.2. The van der Waals surface area contributed by atoms with E-state index in [-0.39, 0.29) is 12.7 Å². The Morgan fingerprint density at radius 3 is 2.63 bits per heavy atom. The van der Waals surface area contributed by atoms with Crippen molar-refractivity contribution in [1.29, 1.82) is 0 Å². The van der Waals surface area contributed by atoms with E-state index in [1.165, 1.54) is 11.3 Å². The zero-order valence-corrected chi connectivity index (χ0v) is 20.9. The fourth-order valence-corrected chi connectivity index (χ4v) is 5.01. The van der Waals surface area contributed by atoms with Gasteiger partial charge in [0.25, 0.3) is 5.91 Å². The van der Waals surface area contributed by atoms with Crippen molar-refractivity contribution < 1.29 is 19.0 Å². The fraction of sp³-hybridized carbons (Fsp3) is 0.269. The number of anilines is 1. The van der Waals surface area contributed by atoms with Gasteiger partial charge in [-0.15, -0.1) is 0 Å². The van der Waals surface area contributed by atoms with Gasteiger partial charge in [-0.25, -0.2) is 9.67 Å². The molecule has 2 aromatic carbocycles. The molecule has 0 radical (unpaired) electrons. The normalized spacial score (nSPS) is 12.1. The Hall–Kier alpha value is -3.85. The second-order valence-electron chi connectivity index (χ2n) is 8.25. The van der Waals surface area contributed by atoms with Crippen LogP contribution in [-0.2, 0) is 6.42 Å². The first-order chi connectivity index (χ1) is 16.9. The van der Waals surface area contributed by atoms with Crippen LogP contribution in [0.2, 0.25) is 0 Å². The van der Waals surface area contributed by atoms with Crippen molar-refractivity contribution in [2.75, 3.05) is 18.7 Å². The van der Waals surface area contributed by atoms with Crippen molar-refractivity contribution >= 4 is 22.9 Å². The van der Waals surface area contributed by atoms with Gasteiger partial charge in [0.2, 0.25) is 11.9 Å². The van der Waals surface area contributed by atoms with Crippen LogP contribution in [0.5, 0.6) is 17.2 Å². The van der Waals surface area contributed by atoms with Crippen LogP contribution in [-0.4, -0.2) is 34.1 Å². The Labute approximate surface area is 207 Å². The van der Waals surface area contributed by atoms with E-state index in [1.807, 2.05) is 74.8 Å². The monoisotopic (exact) mass is 490 g/mol. The summed E-state index contributed by atoms with van der Waals surface area (Å²) >= 11 is 1.33. The maximum Gasteiger partial charge on any atom is 0.267 e. The first-order valence-electron chi connectivity index (χ1n) is 11.4. The SMILES string of the molecule is CCOc1ccc(NC(=O)c2sc(-n3nc(C)c(Cc4ccc5c(c4)OCO5)c3C)nc2C)cc1. The van der Waals surface area contributed by atoms with E-state index < -0.39 is 0 Å². The van der Waals surface area contributed by atoms with Gasteiger partial charge in [0.15, 0.2) is 11.5 Å². The number of rotatable bonds is 7. The van der Waals surface area contributed by atoms with E-state index >= 15 is 0 Å². The lowest BCUT2D eigenvalue weighted by Crippen LogP contribution is -2.11. The molecule has 1 aliphatic rings. The second-order valence-corrected chi connectivity index (χ2v) is 9.23. The van der Waals surface area contributed by atoms with Crippen molar-refractivity contribution in [3.05, 3.63) is 75.6 Å². The topological polar surface area (TPSA) is 87.5 Å². The van der Waals surface area contributed by atoms with Crippen molar-refractivity contribution in [2.45, 2.75) is 34.1 Å². The third-order valence-electron chi connectivity index (χ3n) is 5.85. The van der Waals surface area contributed by atoms with Crippen LogP contribution in [0.3, 0.4) is 0 Å². The summed E-state index contributed by atoms with van der Waals surface area (Å²) in [7, 11) is 0. The number of thiazole rings is 1. The van der Waals surface area contributed by atoms with Crippen molar-refractivity contribution in [1.82, 2.24) is 14.8 Å². The molecule has 0 spiro atoms. The van der Waals surface area contributed by atoms with Crippen LogP contribution in [0.15, 0.2) is 42.5 Å². The molecule has 4 aromatic rings. The molecular weight excluding hydrogens is 464 g/mol. The number of amides is 1. The zero-order chi connectivity index (χ0) is 24.5. The largest absolute Gasteiger partial charge is 0.494 e. The smallest absolute Gasteiger partial charge is 0.267 e. The number of ether oxygens (including phenoxy) is 3. The Morgan fingerprint density at radius 1 is 1.09 bits per heavy atom. The summed E-state index contributed by atoms with van der Waals surface area (Å²) in [6.45, 7) is 8.64. The van der Waals surface area contributed by atoms with Crippen LogP contribution in [0, 0.1) is 20.8 Å². The van der Waals surface area contributed by atoms with Gasteiger partial charge in [0.05, 0.1) is 18.0 Å². The van der Waals surface area contributed by atoms with Gasteiger partial charge in [0, 0.05) is 23.4 Å². The quantitative estimate of drug-likeness (QED) is 0.382. The Kier molecular flexibility index (Phi) is 6.17. The van der Waals surface area contributed by atoms with Gasteiger partial charge in [-0.1, -0.05) is 17.4 Å². The molecule has 0 saturated heterocycles. The third kappa shape index (κ3) is 4.59. The highest BCUT2D eigenvalue weighted by Crippen LogP contribution is 2.34. The lowest BCUT2D eigenvalue weighted by molar-refractivity contribution is 0.102. The first kappa shape index (κ1) is 22.9. The van der Waals surface area contributed by atoms with E-state index in [4.69, 9.17) is 19.3 Å². The molecule has 1 aliphatic heterocycles. The molecule has 5 rings (SSSR count). The van der Waals surface area contributed by atoms with E-state index in [1.54, 1.807) is 0 Å². The number of carbonyl (C=O) groups excluding carboxylic acids is 1. The summed E-state index contributed by atoms with van der Waals surface area (Å²) in [4.78, 5) is 18.2. The average Bonchev–Trinajstić information content (AvgIpc) is 3.54. The summed E-state index contributed by atoms with van der Waals surface area (Å²) in [5, 5.41) is 8.34. The molecule has 1 N–H and O–H groups in total. The Bertz CT molecular complexity index is 1390. The number of benzene rings is 2. The molecule has 0 bridgehead atoms. The average molecular weight is 491 g/mol. The standard InChI is InChI=1S/C26H26N4O4S/c1-5-32-20-9-7-19(8-10-20)28-25(31)24-16(3)27-26(35-24)30-17(4)21(15(2)29-30)12-18-6-11-22-23(13-18)34-14-33-22/h6-11,13H,5,12,14H2,1-4H3,(H,28,31). The van der Waals surface area contributed by atoms with Crippen LogP contribution in [0.4, 0.5) is 5.69 Å². The van der Waals surface area contributed by atoms with Gasteiger partial charge in [-0.05, 0) is 69.7 Å². The highest BCUT2D eigenvalue weighted by atomic mass is 32.1. The molecule has 180 valence electrons. The first-order valence-corrected chi connectivity index (χ1v) is 12.2. The molecule has 3 heterocycles. The molecule has 9 heteroatoms. The van der Waals surface area contributed by atoms with Crippen molar-refractivity contribution in [2.24, 2.45) is 0 Å². The lowest BCUT2D eigenvalue weighted by Gasteiger charge is -2.06. The Morgan fingerprint density at radius 2 is 1.86 bits per heavy atom. The van der Waals surface area contributed by atoms with Crippen LogP contribution in [0.1, 0.15) is 44.8 Å². The molecule has 8 nitrogen and oxygen atoms in total. The third-order valence-corrected chi connectivity index (χ3v) is 6.99. The number of nitrogens with zero attached hydrogens (tertiary/aromatic N) is 3. The molecule has 35 heavy (non-hydrogen) atoms. The fourth-order valence-electron chi connectivity index (χ4n) is 4.04. The molecule has 0 saturated carbocycles. The minimum atomic E-state index is -0.197. The summed E-state index contributed by atoms with van der Waals surface area (Å²) in [5.74, 6) is 2.11. The summed E-state index contributed by atoms with van der Waals surface area (Å²) in [5.41, 5.74) is 5.52. The minimum absolute atomic E-state index is 0.197. The maximum atomic E-state index is 13.0. The highest BCUT2D eigenvalue weighted by Gasteiger charge is 2.21. The number of carbonyl (C=O) groups is 1. The van der Waals surface area contributed by atoms with Gasteiger partial charge in [-0.3, -0.25) is 4.79 Å². The molecule has 0 aliphatic carbocycles. The molecule has 0 unspecified atom stereocenters. The Balaban J connectivity index is 1.36.